The molecule has 0 aliphatic rings. The van der Waals surface area contributed by atoms with E-state index in [-0.39, 0.29) is 4.90 Å². The number of hydrogen-bond acceptors (Lipinski definition) is 4. The smallest absolute Gasteiger partial charge is 0.268 e. The third-order valence-electron chi connectivity index (χ3n) is 5.05. The summed E-state index contributed by atoms with van der Waals surface area (Å²) in [4.78, 5) is 18.6. The van der Waals surface area contributed by atoms with Gasteiger partial charge in [0.15, 0.2) is 0 Å². The van der Waals surface area contributed by atoms with Crippen LogP contribution in [0.4, 0.5) is 0 Å². The van der Waals surface area contributed by atoms with Gasteiger partial charge in [0, 0.05) is 16.8 Å². The maximum Gasteiger partial charge on any atom is 0.269 e. The number of pyridine rings is 1. The molecule has 0 aliphatic heterocycles. The fourth-order valence-corrected chi connectivity index (χ4v) is 5.20. The number of sulfonamides is 1. The standard InChI is InChI=1S/C24H22N2O3S/c1-16(2)26(30(28,29)18-14-12-17(3)13-15-18)24(27)23-19-8-4-6-10-21(19)25-22-11-7-5-9-20(22)23/h4-16H,1-3H3. The molecule has 4 aromatic rings. The van der Waals surface area contributed by atoms with Gasteiger partial charge in [-0.25, -0.2) is 17.7 Å². The summed E-state index contributed by atoms with van der Waals surface area (Å²) in [7, 11) is -4.04. The summed E-state index contributed by atoms with van der Waals surface area (Å²) < 4.78 is 27.9. The summed E-state index contributed by atoms with van der Waals surface area (Å²) in [5, 5.41) is 1.26. The topological polar surface area (TPSA) is 67.3 Å². The van der Waals surface area contributed by atoms with Gasteiger partial charge in [0.2, 0.25) is 0 Å². The Morgan fingerprint density at radius 1 is 0.833 bits per heavy atom. The molecule has 0 fully saturated rings. The first-order valence-electron chi connectivity index (χ1n) is 9.73. The van der Waals surface area contributed by atoms with Crippen LogP contribution in [0, 0.1) is 6.92 Å². The average molecular weight is 419 g/mol. The van der Waals surface area contributed by atoms with E-state index in [1.165, 1.54) is 12.1 Å². The number of benzene rings is 3. The number of carbonyl (C=O) groups is 1. The van der Waals surface area contributed by atoms with Crippen molar-refractivity contribution in [3.63, 3.8) is 0 Å². The molecule has 5 nitrogen and oxygen atoms in total. The highest BCUT2D eigenvalue weighted by molar-refractivity contribution is 7.89. The number of para-hydroxylation sites is 2. The van der Waals surface area contributed by atoms with E-state index in [4.69, 9.17) is 0 Å². The van der Waals surface area contributed by atoms with Crippen LogP contribution in [-0.2, 0) is 10.0 Å². The Morgan fingerprint density at radius 2 is 1.33 bits per heavy atom. The van der Waals surface area contributed by atoms with Crippen LogP contribution < -0.4 is 0 Å². The van der Waals surface area contributed by atoms with Gasteiger partial charge in [-0.1, -0.05) is 54.1 Å². The van der Waals surface area contributed by atoms with Gasteiger partial charge in [0.1, 0.15) is 0 Å². The molecule has 3 aromatic carbocycles. The van der Waals surface area contributed by atoms with Crippen molar-refractivity contribution in [1.29, 1.82) is 0 Å². The van der Waals surface area contributed by atoms with Gasteiger partial charge in [-0.05, 0) is 45.0 Å². The van der Waals surface area contributed by atoms with Crippen molar-refractivity contribution in [1.82, 2.24) is 9.29 Å². The van der Waals surface area contributed by atoms with Crippen LogP contribution in [0.25, 0.3) is 21.8 Å². The van der Waals surface area contributed by atoms with Crippen LogP contribution in [0.5, 0.6) is 0 Å². The van der Waals surface area contributed by atoms with Crippen LogP contribution in [0.15, 0.2) is 77.7 Å². The van der Waals surface area contributed by atoms with Gasteiger partial charge in [0.25, 0.3) is 15.9 Å². The number of carbonyl (C=O) groups excluding carboxylic acids is 1. The fraction of sp³-hybridized carbons (Fsp3) is 0.167. The largest absolute Gasteiger partial charge is 0.269 e. The number of hydrogen-bond donors (Lipinski definition) is 0. The van der Waals surface area contributed by atoms with Gasteiger partial charge in [0.05, 0.1) is 21.5 Å². The zero-order chi connectivity index (χ0) is 21.5. The lowest BCUT2D eigenvalue weighted by Gasteiger charge is -2.27. The summed E-state index contributed by atoms with van der Waals surface area (Å²) >= 11 is 0. The Hall–Kier alpha value is -3.25. The van der Waals surface area contributed by atoms with E-state index in [1.54, 1.807) is 38.1 Å². The minimum Gasteiger partial charge on any atom is -0.268 e. The maximum absolute atomic E-state index is 13.8. The zero-order valence-electron chi connectivity index (χ0n) is 17.0. The Bertz CT molecular complexity index is 1310. The van der Waals surface area contributed by atoms with Crippen LogP contribution in [-0.4, -0.2) is 29.7 Å². The third kappa shape index (κ3) is 3.33. The molecule has 0 radical (unpaired) electrons. The maximum atomic E-state index is 13.8. The summed E-state index contributed by atoms with van der Waals surface area (Å²) in [5.41, 5.74) is 2.59. The normalized spacial score (nSPS) is 11.9. The second-order valence-corrected chi connectivity index (χ2v) is 9.35. The van der Waals surface area contributed by atoms with E-state index < -0.39 is 22.0 Å². The lowest BCUT2D eigenvalue weighted by molar-refractivity contribution is 0.0839. The molecule has 30 heavy (non-hydrogen) atoms. The van der Waals surface area contributed by atoms with E-state index >= 15 is 0 Å². The van der Waals surface area contributed by atoms with Gasteiger partial charge in [-0.3, -0.25) is 4.79 Å². The molecule has 1 amide bonds. The van der Waals surface area contributed by atoms with Gasteiger partial charge in [-0.2, -0.15) is 0 Å². The molecule has 0 bridgehead atoms. The van der Waals surface area contributed by atoms with E-state index in [1.807, 2.05) is 43.3 Å². The molecule has 0 atom stereocenters. The molecule has 0 unspecified atom stereocenters. The summed E-state index contributed by atoms with van der Waals surface area (Å²) in [6, 6.07) is 20.6. The van der Waals surface area contributed by atoms with E-state index in [9.17, 15) is 13.2 Å². The van der Waals surface area contributed by atoms with Crippen LogP contribution in [0.3, 0.4) is 0 Å². The van der Waals surface area contributed by atoms with E-state index in [0.717, 1.165) is 9.87 Å². The van der Waals surface area contributed by atoms with Crippen molar-refractivity contribution in [3.8, 4) is 0 Å². The Labute approximate surface area is 176 Å². The van der Waals surface area contributed by atoms with Crippen molar-refractivity contribution in [2.24, 2.45) is 0 Å². The molecule has 0 aliphatic carbocycles. The summed E-state index contributed by atoms with van der Waals surface area (Å²) in [6.07, 6.45) is 0. The fourth-order valence-electron chi connectivity index (χ4n) is 3.63. The number of rotatable bonds is 4. The molecule has 0 saturated carbocycles. The second kappa shape index (κ2) is 7.54. The average Bonchev–Trinajstić information content (AvgIpc) is 2.71. The minimum atomic E-state index is -4.04. The van der Waals surface area contributed by atoms with Crippen molar-refractivity contribution in [2.45, 2.75) is 31.7 Å². The highest BCUT2D eigenvalue weighted by atomic mass is 32.2. The molecule has 1 heterocycles. The van der Waals surface area contributed by atoms with Crippen LogP contribution in [0.1, 0.15) is 29.8 Å². The minimum absolute atomic E-state index is 0.0952. The van der Waals surface area contributed by atoms with Gasteiger partial charge < -0.3 is 0 Å². The summed E-state index contributed by atoms with van der Waals surface area (Å²) in [5.74, 6) is -0.555. The first-order valence-corrected chi connectivity index (χ1v) is 11.2. The first-order chi connectivity index (χ1) is 14.3. The highest BCUT2D eigenvalue weighted by Crippen LogP contribution is 2.30. The highest BCUT2D eigenvalue weighted by Gasteiger charge is 2.34. The molecule has 0 saturated heterocycles. The number of nitrogens with zero attached hydrogens (tertiary/aromatic N) is 2. The number of fused-ring (bicyclic) bond motifs is 2. The lowest BCUT2D eigenvalue weighted by atomic mass is 10.0. The molecule has 0 N–H and O–H groups in total. The molecular weight excluding hydrogens is 396 g/mol. The predicted molar refractivity (Wildman–Crippen MR) is 119 cm³/mol. The molecule has 152 valence electrons. The molecule has 6 heteroatoms. The Kier molecular flexibility index (Phi) is 5.03. The number of amides is 1. The molecular formula is C24H22N2O3S. The van der Waals surface area contributed by atoms with Crippen molar-refractivity contribution < 1.29 is 13.2 Å². The SMILES string of the molecule is Cc1ccc(S(=O)(=O)N(C(=O)c2c3ccccc3nc3ccccc23)C(C)C)cc1. The second-order valence-electron chi connectivity index (χ2n) is 7.53. The molecule has 0 spiro atoms. The van der Waals surface area contributed by atoms with Gasteiger partial charge >= 0.3 is 0 Å². The first kappa shape index (κ1) is 20.0. The van der Waals surface area contributed by atoms with Crippen LogP contribution in [0.2, 0.25) is 0 Å². The number of aromatic nitrogens is 1. The van der Waals surface area contributed by atoms with Crippen molar-refractivity contribution in [2.75, 3.05) is 0 Å². The summed E-state index contributed by atoms with van der Waals surface area (Å²) in [6.45, 7) is 5.29. The zero-order valence-corrected chi connectivity index (χ0v) is 17.8. The Morgan fingerprint density at radius 3 is 1.83 bits per heavy atom. The quantitative estimate of drug-likeness (QED) is 0.441. The van der Waals surface area contributed by atoms with Gasteiger partial charge in [-0.15, -0.1) is 0 Å². The van der Waals surface area contributed by atoms with Crippen molar-refractivity contribution in [3.05, 3.63) is 83.9 Å². The number of aryl methyl sites for hydroxylation is 1. The Balaban J connectivity index is 1.97. The predicted octanol–water partition coefficient (Wildman–Crippen LogP) is 4.94. The molecule has 4 rings (SSSR count). The third-order valence-corrected chi connectivity index (χ3v) is 7.02. The van der Waals surface area contributed by atoms with E-state index in [2.05, 4.69) is 4.98 Å². The monoisotopic (exact) mass is 418 g/mol. The van der Waals surface area contributed by atoms with E-state index in [0.29, 0.717) is 27.4 Å². The molecule has 1 aromatic heterocycles. The lowest BCUT2D eigenvalue weighted by Crippen LogP contribution is -2.42. The van der Waals surface area contributed by atoms with Crippen LogP contribution >= 0.6 is 0 Å². The van der Waals surface area contributed by atoms with Crippen molar-refractivity contribution >= 4 is 37.7 Å².